The highest BCUT2D eigenvalue weighted by Crippen LogP contribution is 2.72. The summed E-state index contributed by atoms with van der Waals surface area (Å²) in [6.45, 7) is 0. The van der Waals surface area contributed by atoms with Crippen molar-refractivity contribution in [2.45, 2.75) is 12.8 Å². The quantitative estimate of drug-likeness (QED) is 0.841. The zero-order valence-electron chi connectivity index (χ0n) is 11.8. The van der Waals surface area contributed by atoms with Gasteiger partial charge in [0.1, 0.15) is 0 Å². The molecule has 3 aliphatic carbocycles. The minimum atomic E-state index is -0.862. The van der Waals surface area contributed by atoms with Gasteiger partial charge in [0.05, 0.1) is 11.8 Å². The molecule has 0 saturated heterocycles. The van der Waals surface area contributed by atoms with Crippen molar-refractivity contribution in [2.24, 2.45) is 29.1 Å². The highest BCUT2D eigenvalue weighted by atomic mass is 35.5. The Labute approximate surface area is 133 Å². The Hall–Kier alpha value is -1.81. The van der Waals surface area contributed by atoms with Gasteiger partial charge in [-0.1, -0.05) is 23.8 Å². The molecule has 1 amide bonds. The van der Waals surface area contributed by atoms with E-state index in [1.807, 2.05) is 6.08 Å². The van der Waals surface area contributed by atoms with Crippen LogP contribution in [0.3, 0.4) is 0 Å². The first-order valence-electron chi connectivity index (χ1n) is 7.50. The van der Waals surface area contributed by atoms with Gasteiger partial charge in [0.2, 0.25) is 5.91 Å². The van der Waals surface area contributed by atoms with Crippen LogP contribution in [0.25, 0.3) is 0 Å². The van der Waals surface area contributed by atoms with Gasteiger partial charge >= 0.3 is 5.97 Å². The van der Waals surface area contributed by atoms with Crippen molar-refractivity contribution in [3.63, 3.8) is 0 Å². The first-order valence-corrected chi connectivity index (χ1v) is 7.88. The molecule has 4 rings (SSSR count). The highest BCUT2D eigenvalue weighted by molar-refractivity contribution is 6.30. The summed E-state index contributed by atoms with van der Waals surface area (Å²) in [4.78, 5) is 24.4. The lowest BCUT2D eigenvalue weighted by atomic mass is 9.82. The SMILES string of the molecule is O=C(Nc1ccc(Cl)cc1)[C@@H]1[C@@H](C(=O)O)[C@@H]2C=C[C@H]1C21CC1. The molecule has 0 radical (unpaired) electrons. The summed E-state index contributed by atoms with van der Waals surface area (Å²) < 4.78 is 0. The number of amides is 1. The van der Waals surface area contributed by atoms with Gasteiger partial charge < -0.3 is 10.4 Å². The Kier molecular flexibility index (Phi) is 2.89. The van der Waals surface area contributed by atoms with E-state index in [0.717, 1.165) is 12.8 Å². The summed E-state index contributed by atoms with van der Waals surface area (Å²) in [5.41, 5.74) is 0.695. The van der Waals surface area contributed by atoms with Crippen molar-refractivity contribution < 1.29 is 14.7 Å². The van der Waals surface area contributed by atoms with Crippen molar-refractivity contribution in [3.8, 4) is 0 Å². The minimum absolute atomic E-state index is 0.0102. The largest absolute Gasteiger partial charge is 0.481 e. The number of anilines is 1. The monoisotopic (exact) mass is 317 g/mol. The number of nitrogens with one attached hydrogen (secondary N) is 1. The van der Waals surface area contributed by atoms with Crippen LogP contribution < -0.4 is 5.32 Å². The van der Waals surface area contributed by atoms with Gasteiger partial charge in [-0.15, -0.1) is 0 Å². The van der Waals surface area contributed by atoms with E-state index < -0.39 is 17.8 Å². The van der Waals surface area contributed by atoms with Gasteiger partial charge in [-0.25, -0.2) is 0 Å². The minimum Gasteiger partial charge on any atom is -0.481 e. The van der Waals surface area contributed by atoms with Crippen LogP contribution in [-0.4, -0.2) is 17.0 Å². The molecule has 5 heteroatoms. The number of carbonyl (C=O) groups excluding carboxylic acids is 1. The summed E-state index contributed by atoms with van der Waals surface area (Å²) in [5.74, 6) is -2.07. The number of rotatable bonds is 3. The molecule has 22 heavy (non-hydrogen) atoms. The lowest BCUT2D eigenvalue weighted by molar-refractivity contribution is -0.146. The summed E-state index contributed by atoms with van der Waals surface area (Å²) >= 11 is 5.84. The molecule has 4 nitrogen and oxygen atoms in total. The van der Waals surface area contributed by atoms with E-state index in [-0.39, 0.29) is 23.2 Å². The fraction of sp³-hybridized carbons (Fsp3) is 0.412. The number of halogens is 1. The summed E-state index contributed by atoms with van der Waals surface area (Å²) in [6.07, 6.45) is 6.14. The second kappa shape index (κ2) is 4.59. The van der Waals surface area contributed by atoms with Gasteiger partial charge in [0.25, 0.3) is 0 Å². The molecule has 0 heterocycles. The molecule has 2 N–H and O–H groups in total. The Morgan fingerprint density at radius 3 is 2.23 bits per heavy atom. The maximum Gasteiger partial charge on any atom is 0.307 e. The van der Waals surface area contributed by atoms with Crippen LogP contribution in [0, 0.1) is 29.1 Å². The molecular formula is C17H16ClNO3. The Bertz CT molecular complexity index is 678. The third-order valence-corrected chi connectivity index (χ3v) is 5.79. The first kappa shape index (κ1) is 13.8. The molecule has 2 bridgehead atoms. The Morgan fingerprint density at radius 1 is 1.09 bits per heavy atom. The molecule has 0 aliphatic heterocycles. The molecule has 114 valence electrons. The van der Waals surface area contributed by atoms with Crippen LogP contribution in [0.4, 0.5) is 5.69 Å². The summed E-state index contributed by atoms with van der Waals surface area (Å²) in [7, 11) is 0. The Morgan fingerprint density at radius 2 is 1.68 bits per heavy atom. The smallest absolute Gasteiger partial charge is 0.307 e. The second-order valence-electron chi connectivity index (χ2n) is 6.56. The Balaban J connectivity index is 1.60. The van der Waals surface area contributed by atoms with Crippen molar-refractivity contribution in [1.82, 2.24) is 0 Å². The number of hydrogen-bond acceptors (Lipinski definition) is 2. The molecule has 0 unspecified atom stereocenters. The number of carbonyl (C=O) groups is 2. The first-order chi connectivity index (χ1) is 10.5. The van der Waals surface area contributed by atoms with E-state index in [2.05, 4.69) is 11.4 Å². The van der Waals surface area contributed by atoms with Gasteiger partial charge in [0.15, 0.2) is 0 Å². The van der Waals surface area contributed by atoms with E-state index in [4.69, 9.17) is 11.6 Å². The third kappa shape index (κ3) is 1.83. The van der Waals surface area contributed by atoms with Gasteiger partial charge in [0, 0.05) is 10.7 Å². The molecule has 1 aromatic carbocycles. The maximum atomic E-state index is 12.7. The third-order valence-electron chi connectivity index (χ3n) is 5.54. The standard InChI is InChI=1S/C17H16ClNO3/c18-9-1-3-10(4-2-9)19-15(20)13-11-5-6-12(14(13)16(21)22)17(11)7-8-17/h1-6,11-14H,7-8H2,(H,19,20)(H,21,22)/t11-,12+,13+,14+/m1/s1. The predicted molar refractivity (Wildman–Crippen MR) is 82.5 cm³/mol. The van der Waals surface area contributed by atoms with Crippen LogP contribution >= 0.6 is 11.6 Å². The van der Waals surface area contributed by atoms with Crippen molar-refractivity contribution >= 4 is 29.2 Å². The average molecular weight is 318 g/mol. The number of hydrogen-bond donors (Lipinski definition) is 2. The topological polar surface area (TPSA) is 66.4 Å². The van der Waals surface area contributed by atoms with Gasteiger partial charge in [-0.05, 0) is 54.4 Å². The van der Waals surface area contributed by atoms with E-state index in [1.165, 1.54) is 0 Å². The summed E-state index contributed by atoms with van der Waals surface area (Å²) in [5, 5.41) is 13.0. The average Bonchev–Trinajstić information content (AvgIpc) is 3.15. The fourth-order valence-corrected chi connectivity index (χ4v) is 4.58. The molecule has 2 fully saturated rings. The molecular weight excluding hydrogens is 302 g/mol. The van der Waals surface area contributed by atoms with E-state index >= 15 is 0 Å². The van der Waals surface area contributed by atoms with Crippen LogP contribution in [0.15, 0.2) is 36.4 Å². The van der Waals surface area contributed by atoms with Crippen LogP contribution in [0.2, 0.25) is 5.02 Å². The maximum absolute atomic E-state index is 12.7. The lowest BCUT2D eigenvalue weighted by Crippen LogP contribution is -2.36. The number of carboxylic acid groups (broad SMARTS) is 1. The van der Waals surface area contributed by atoms with Crippen molar-refractivity contribution in [2.75, 3.05) is 5.32 Å². The van der Waals surface area contributed by atoms with Crippen LogP contribution in [-0.2, 0) is 9.59 Å². The van der Waals surface area contributed by atoms with E-state index in [1.54, 1.807) is 24.3 Å². The van der Waals surface area contributed by atoms with Gasteiger partial charge in [-0.2, -0.15) is 0 Å². The number of carboxylic acids is 1. The zero-order chi connectivity index (χ0) is 15.5. The van der Waals surface area contributed by atoms with Crippen molar-refractivity contribution in [3.05, 3.63) is 41.4 Å². The fourth-order valence-electron chi connectivity index (χ4n) is 4.45. The van der Waals surface area contributed by atoms with Gasteiger partial charge in [-0.3, -0.25) is 9.59 Å². The molecule has 0 aromatic heterocycles. The number of allylic oxidation sites excluding steroid dienone is 2. The summed E-state index contributed by atoms with van der Waals surface area (Å²) in [6, 6.07) is 6.86. The molecule has 1 spiro atoms. The lowest BCUT2D eigenvalue weighted by Gasteiger charge is -2.23. The van der Waals surface area contributed by atoms with Crippen LogP contribution in [0.1, 0.15) is 12.8 Å². The zero-order valence-corrected chi connectivity index (χ0v) is 12.6. The molecule has 3 aliphatic rings. The number of aliphatic carboxylic acids is 1. The van der Waals surface area contributed by atoms with Crippen molar-refractivity contribution in [1.29, 1.82) is 0 Å². The normalized spacial score (nSPS) is 33.1. The second-order valence-corrected chi connectivity index (χ2v) is 6.99. The number of benzene rings is 1. The van der Waals surface area contributed by atoms with E-state index in [9.17, 15) is 14.7 Å². The molecule has 1 aromatic rings. The van der Waals surface area contributed by atoms with Crippen LogP contribution in [0.5, 0.6) is 0 Å². The molecule has 2 saturated carbocycles. The molecule has 4 atom stereocenters. The predicted octanol–water partition coefficient (Wildman–Crippen LogP) is 3.19. The van der Waals surface area contributed by atoms with E-state index in [0.29, 0.717) is 10.7 Å². The highest BCUT2D eigenvalue weighted by Gasteiger charge is 2.70.